The molecule has 6 nitrogen and oxygen atoms in total. The second-order valence-corrected chi connectivity index (χ2v) is 10.6. The zero-order valence-electron chi connectivity index (χ0n) is 20.0. The number of rotatable bonds is 3. The number of aliphatic imine (C=N–C) groups is 1. The number of nitrogens with zero attached hydrogens (tertiary/aromatic N) is 4. The van der Waals surface area contributed by atoms with Crippen molar-refractivity contribution in [3.05, 3.63) is 92.9 Å². The average molecular weight is 573 g/mol. The maximum Gasteiger partial charge on any atom is 0.272 e. The van der Waals surface area contributed by atoms with Crippen LogP contribution in [0.1, 0.15) is 11.1 Å². The van der Waals surface area contributed by atoms with Crippen molar-refractivity contribution in [2.24, 2.45) is 4.99 Å². The fourth-order valence-electron chi connectivity index (χ4n) is 4.56. The first-order valence-electron chi connectivity index (χ1n) is 11.8. The Morgan fingerprint density at radius 3 is 2.27 bits per heavy atom. The number of benzene rings is 3. The number of carbonyl (C=O) groups excluding carboxylic acids is 1. The average Bonchev–Trinajstić information content (AvgIpc) is 2.99. The smallest absolute Gasteiger partial charge is 0.272 e. The van der Waals surface area contributed by atoms with Gasteiger partial charge in [0, 0.05) is 65.1 Å². The summed E-state index contributed by atoms with van der Waals surface area (Å²) >= 11 is 24.5. The molecule has 0 saturated carbocycles. The predicted molar refractivity (Wildman–Crippen MR) is 157 cm³/mol. The number of hydrogen-bond donors (Lipinski definition) is 1. The van der Waals surface area contributed by atoms with E-state index in [1.807, 2.05) is 54.6 Å². The van der Waals surface area contributed by atoms with E-state index in [-0.39, 0.29) is 5.91 Å². The number of halogens is 3. The van der Waals surface area contributed by atoms with Crippen LogP contribution in [0.15, 0.2) is 71.7 Å². The van der Waals surface area contributed by atoms with Gasteiger partial charge in [0.25, 0.3) is 5.91 Å². The quantitative estimate of drug-likeness (QED) is 0.421. The molecule has 1 atom stereocenters. The minimum atomic E-state index is -0.886. The van der Waals surface area contributed by atoms with Crippen molar-refractivity contribution in [3.63, 3.8) is 0 Å². The fraction of sp³-hybridized carbons (Fsp3) is 0.222. The summed E-state index contributed by atoms with van der Waals surface area (Å²) < 4.78 is 0. The molecule has 0 radical (unpaired) electrons. The van der Waals surface area contributed by atoms with E-state index in [0.29, 0.717) is 39.0 Å². The number of nitrogens with one attached hydrogen (secondary N) is 1. The summed E-state index contributed by atoms with van der Waals surface area (Å²) in [5.74, 6) is -0.205. The van der Waals surface area contributed by atoms with Crippen LogP contribution in [-0.4, -0.2) is 61.0 Å². The summed E-state index contributed by atoms with van der Waals surface area (Å²) in [7, 11) is 1.74. The summed E-state index contributed by atoms with van der Waals surface area (Å²) in [6.07, 6.45) is -0.886. The highest BCUT2D eigenvalue weighted by Crippen LogP contribution is 2.30. The summed E-state index contributed by atoms with van der Waals surface area (Å²) in [6, 6.07) is 20.8. The van der Waals surface area contributed by atoms with Crippen LogP contribution in [0.5, 0.6) is 0 Å². The Bertz CT molecular complexity index is 1360. The minimum absolute atomic E-state index is 0.205. The zero-order chi connectivity index (χ0) is 26.1. The molecule has 1 amide bonds. The van der Waals surface area contributed by atoms with Crippen molar-refractivity contribution in [2.45, 2.75) is 6.17 Å². The third-order valence-corrected chi connectivity index (χ3v) is 7.53. The maximum absolute atomic E-state index is 13.5. The molecule has 2 heterocycles. The monoisotopic (exact) mass is 571 g/mol. The van der Waals surface area contributed by atoms with Gasteiger partial charge in [-0.1, -0.05) is 65.1 Å². The Kier molecular flexibility index (Phi) is 7.58. The lowest BCUT2D eigenvalue weighted by atomic mass is 10.0. The molecule has 0 aliphatic carbocycles. The molecule has 37 heavy (non-hydrogen) atoms. The van der Waals surface area contributed by atoms with Gasteiger partial charge < -0.3 is 20.0 Å². The fourth-order valence-corrected chi connectivity index (χ4v) is 5.55. The number of hydrogen-bond acceptors (Lipinski definition) is 4. The van der Waals surface area contributed by atoms with Crippen molar-refractivity contribution in [1.29, 1.82) is 0 Å². The highest BCUT2D eigenvalue weighted by atomic mass is 35.5. The lowest BCUT2D eigenvalue weighted by molar-refractivity contribution is -0.119. The molecular weight excluding hydrogens is 549 g/mol. The molecule has 1 unspecified atom stereocenters. The SMILES string of the molecule is CN1C(=O)C(NC(=S)N2CCN(c3cc(Cl)cc(Cl)c3)CC2)N=C(c2ccccc2)c2cc(Cl)ccc21. The number of fused-ring (bicyclic) bond motifs is 1. The summed E-state index contributed by atoms with van der Waals surface area (Å²) in [5.41, 5.74) is 4.07. The van der Waals surface area contributed by atoms with Gasteiger partial charge in [0.2, 0.25) is 6.17 Å². The molecule has 5 rings (SSSR count). The molecular formula is C27H24Cl3N5OS. The van der Waals surface area contributed by atoms with Crippen molar-refractivity contribution < 1.29 is 4.79 Å². The van der Waals surface area contributed by atoms with Gasteiger partial charge in [-0.05, 0) is 48.6 Å². The number of anilines is 2. The van der Waals surface area contributed by atoms with Gasteiger partial charge in [0.15, 0.2) is 5.11 Å². The van der Waals surface area contributed by atoms with Crippen LogP contribution in [0.2, 0.25) is 15.1 Å². The van der Waals surface area contributed by atoms with E-state index in [9.17, 15) is 4.79 Å². The van der Waals surface area contributed by atoms with Gasteiger partial charge in [0.05, 0.1) is 11.4 Å². The second kappa shape index (κ2) is 10.9. The Hall–Kier alpha value is -2.84. The zero-order valence-corrected chi connectivity index (χ0v) is 23.1. The van der Waals surface area contributed by atoms with Gasteiger partial charge in [-0.15, -0.1) is 0 Å². The van der Waals surface area contributed by atoms with Gasteiger partial charge in [-0.3, -0.25) is 4.79 Å². The van der Waals surface area contributed by atoms with E-state index in [0.717, 1.165) is 35.6 Å². The Labute approximate surface area is 236 Å². The van der Waals surface area contributed by atoms with Crippen molar-refractivity contribution in [1.82, 2.24) is 10.2 Å². The first-order valence-corrected chi connectivity index (χ1v) is 13.3. The van der Waals surface area contributed by atoms with Crippen LogP contribution in [-0.2, 0) is 4.79 Å². The summed E-state index contributed by atoms with van der Waals surface area (Å²) in [6.45, 7) is 2.83. The second-order valence-electron chi connectivity index (χ2n) is 8.86. The van der Waals surface area contributed by atoms with E-state index in [1.165, 1.54) is 0 Å². The number of thiocarbonyl (C=S) groups is 1. The van der Waals surface area contributed by atoms with Crippen LogP contribution in [0.4, 0.5) is 11.4 Å². The van der Waals surface area contributed by atoms with Crippen LogP contribution in [0.25, 0.3) is 0 Å². The third-order valence-electron chi connectivity index (χ3n) is 6.48. The van der Waals surface area contributed by atoms with Gasteiger partial charge >= 0.3 is 0 Å². The molecule has 2 aliphatic heterocycles. The molecule has 3 aromatic rings. The van der Waals surface area contributed by atoms with Crippen molar-refractivity contribution >= 4 is 75.1 Å². The Balaban J connectivity index is 1.37. The lowest BCUT2D eigenvalue weighted by Gasteiger charge is -2.38. The topological polar surface area (TPSA) is 51.2 Å². The van der Waals surface area contributed by atoms with Gasteiger partial charge in [-0.25, -0.2) is 4.99 Å². The number of likely N-dealkylation sites (N-methyl/N-ethyl adjacent to an activating group) is 1. The molecule has 1 fully saturated rings. The molecule has 0 bridgehead atoms. The molecule has 10 heteroatoms. The normalized spacial score (nSPS) is 17.7. The summed E-state index contributed by atoms with van der Waals surface area (Å²) in [4.78, 5) is 24.3. The van der Waals surface area contributed by atoms with E-state index >= 15 is 0 Å². The molecule has 0 aromatic heterocycles. The predicted octanol–water partition coefficient (Wildman–Crippen LogP) is 5.48. The minimum Gasteiger partial charge on any atom is -0.368 e. The third kappa shape index (κ3) is 5.55. The molecule has 1 N–H and O–H groups in total. The molecule has 0 spiro atoms. The highest BCUT2D eigenvalue weighted by molar-refractivity contribution is 7.80. The molecule has 190 valence electrons. The molecule has 1 saturated heterocycles. The maximum atomic E-state index is 13.5. The number of piperazine rings is 1. The van der Waals surface area contributed by atoms with Gasteiger partial charge in [-0.2, -0.15) is 0 Å². The standard InChI is InChI=1S/C27H24Cl3N5OS/c1-33-23-8-7-18(28)16-22(23)24(17-5-3-2-4-6-17)31-25(26(33)36)32-27(37)35-11-9-34(10-12-35)21-14-19(29)13-20(30)15-21/h2-8,13-16,25H,9-12H2,1H3,(H,32,37). The first kappa shape index (κ1) is 25.8. The number of amides is 1. The van der Waals surface area contributed by atoms with Crippen molar-refractivity contribution in [2.75, 3.05) is 43.0 Å². The van der Waals surface area contributed by atoms with Gasteiger partial charge in [0.1, 0.15) is 0 Å². The number of benzodiazepines with no additional fused rings is 1. The van der Waals surface area contributed by atoms with Crippen LogP contribution in [0.3, 0.4) is 0 Å². The Morgan fingerprint density at radius 1 is 0.919 bits per heavy atom. The first-order chi connectivity index (χ1) is 17.8. The lowest BCUT2D eigenvalue weighted by Crippen LogP contribution is -2.55. The van der Waals surface area contributed by atoms with E-state index in [4.69, 9.17) is 52.0 Å². The van der Waals surface area contributed by atoms with Crippen LogP contribution >= 0.6 is 47.0 Å². The highest BCUT2D eigenvalue weighted by Gasteiger charge is 2.32. The summed E-state index contributed by atoms with van der Waals surface area (Å²) in [5, 5.41) is 5.48. The van der Waals surface area contributed by atoms with Crippen molar-refractivity contribution in [3.8, 4) is 0 Å². The molecule has 2 aliphatic rings. The van der Waals surface area contributed by atoms with E-state index in [2.05, 4.69) is 15.1 Å². The molecule has 3 aromatic carbocycles. The van der Waals surface area contributed by atoms with Crippen LogP contribution in [0, 0.1) is 0 Å². The van der Waals surface area contributed by atoms with E-state index in [1.54, 1.807) is 24.1 Å². The Morgan fingerprint density at radius 2 is 1.59 bits per heavy atom. The number of carbonyl (C=O) groups is 1. The van der Waals surface area contributed by atoms with E-state index < -0.39 is 6.17 Å². The largest absolute Gasteiger partial charge is 0.368 e. The van der Waals surface area contributed by atoms with Crippen LogP contribution < -0.4 is 15.1 Å².